The molecule has 0 aromatic carbocycles. The van der Waals surface area contributed by atoms with Gasteiger partial charge in [-0.15, -0.1) is 11.3 Å². The zero-order valence-electron chi connectivity index (χ0n) is 11.4. The third kappa shape index (κ3) is 4.16. The van der Waals surface area contributed by atoms with Gasteiger partial charge in [0.15, 0.2) is 0 Å². The van der Waals surface area contributed by atoms with Crippen molar-refractivity contribution in [2.24, 2.45) is 0 Å². The lowest BCUT2D eigenvalue weighted by atomic mass is 10.2. The van der Waals surface area contributed by atoms with Crippen molar-refractivity contribution >= 4 is 23.4 Å². The third-order valence-electron chi connectivity index (χ3n) is 3.42. The Bertz CT molecular complexity index is 470. The van der Waals surface area contributed by atoms with Crippen molar-refractivity contribution in [3.8, 4) is 0 Å². The third-order valence-corrected chi connectivity index (χ3v) is 4.36. The maximum atomic E-state index is 10.5. The fourth-order valence-electron chi connectivity index (χ4n) is 2.35. The number of aliphatic carboxylic acids is 1. The van der Waals surface area contributed by atoms with Crippen molar-refractivity contribution in [1.29, 1.82) is 0 Å². The zero-order chi connectivity index (χ0) is 13.8. The molecule has 0 saturated carbocycles. The molecule has 1 aromatic rings. The molecule has 1 saturated heterocycles. The smallest absolute Gasteiger partial charge is 0.328 e. The quantitative estimate of drug-likeness (QED) is 0.857. The van der Waals surface area contributed by atoms with Gasteiger partial charge in [-0.1, -0.05) is 0 Å². The van der Waals surface area contributed by atoms with Crippen molar-refractivity contribution < 1.29 is 9.90 Å². The molecule has 1 unspecified atom stereocenters. The second-order valence-electron chi connectivity index (χ2n) is 5.10. The summed E-state index contributed by atoms with van der Waals surface area (Å²) in [4.78, 5) is 16.6. The van der Waals surface area contributed by atoms with E-state index in [-0.39, 0.29) is 0 Å². The second kappa shape index (κ2) is 6.32. The summed E-state index contributed by atoms with van der Waals surface area (Å²) in [5.41, 5.74) is 0.976. The summed E-state index contributed by atoms with van der Waals surface area (Å²) >= 11 is 1.70. The van der Waals surface area contributed by atoms with Gasteiger partial charge in [0.25, 0.3) is 0 Å². The molecule has 0 aliphatic carbocycles. The van der Waals surface area contributed by atoms with E-state index in [0.717, 1.165) is 31.7 Å². The standard InChI is InChI=1S/C14H20N2O2S/c1-11-8-15(2)5-6-16(11)9-13-7-12(10-19-13)3-4-14(17)18/h3-4,7,10-11H,5-6,8-9H2,1-2H3,(H,17,18)/b4-3+. The minimum atomic E-state index is -0.902. The first-order chi connectivity index (χ1) is 9.04. The number of nitrogens with zero attached hydrogens (tertiary/aromatic N) is 2. The maximum absolute atomic E-state index is 10.5. The molecule has 5 heteroatoms. The lowest BCUT2D eigenvalue weighted by molar-refractivity contribution is -0.131. The molecule has 1 aromatic heterocycles. The molecule has 1 fully saturated rings. The molecule has 0 amide bonds. The molecule has 19 heavy (non-hydrogen) atoms. The van der Waals surface area contributed by atoms with Crippen molar-refractivity contribution in [2.45, 2.75) is 19.5 Å². The molecule has 2 rings (SSSR count). The largest absolute Gasteiger partial charge is 0.478 e. The van der Waals surface area contributed by atoms with E-state index < -0.39 is 5.97 Å². The van der Waals surface area contributed by atoms with E-state index in [9.17, 15) is 4.79 Å². The topological polar surface area (TPSA) is 43.8 Å². The number of thiophene rings is 1. The highest BCUT2D eigenvalue weighted by Crippen LogP contribution is 2.20. The minimum Gasteiger partial charge on any atom is -0.478 e. The molecule has 104 valence electrons. The fourth-order valence-corrected chi connectivity index (χ4v) is 3.23. The van der Waals surface area contributed by atoms with Crippen LogP contribution in [0.25, 0.3) is 6.08 Å². The van der Waals surface area contributed by atoms with Crippen LogP contribution < -0.4 is 0 Å². The Morgan fingerprint density at radius 3 is 3.05 bits per heavy atom. The summed E-state index contributed by atoms with van der Waals surface area (Å²) in [6, 6.07) is 2.65. The van der Waals surface area contributed by atoms with Gasteiger partial charge in [-0.3, -0.25) is 4.90 Å². The van der Waals surface area contributed by atoms with Gasteiger partial charge in [0.2, 0.25) is 0 Å². The van der Waals surface area contributed by atoms with Crippen LogP contribution in [0.4, 0.5) is 0 Å². The van der Waals surface area contributed by atoms with Gasteiger partial charge in [0, 0.05) is 43.2 Å². The Kier molecular flexibility index (Phi) is 4.74. The summed E-state index contributed by atoms with van der Waals surface area (Å²) in [6.07, 6.45) is 2.83. The molecule has 1 aliphatic heterocycles. The number of piperazine rings is 1. The van der Waals surface area contributed by atoms with Crippen LogP contribution >= 0.6 is 11.3 Å². The fraction of sp³-hybridized carbons (Fsp3) is 0.500. The lowest BCUT2D eigenvalue weighted by Crippen LogP contribution is -2.49. The van der Waals surface area contributed by atoms with Crippen molar-refractivity contribution in [1.82, 2.24) is 9.80 Å². The monoisotopic (exact) mass is 280 g/mol. The van der Waals surface area contributed by atoms with Gasteiger partial charge >= 0.3 is 5.97 Å². The van der Waals surface area contributed by atoms with Crippen LogP contribution in [0.5, 0.6) is 0 Å². The van der Waals surface area contributed by atoms with Crippen molar-refractivity contribution in [2.75, 3.05) is 26.7 Å². The SMILES string of the molecule is CC1CN(C)CCN1Cc1cc(/C=C/C(=O)O)cs1. The van der Waals surface area contributed by atoms with E-state index >= 15 is 0 Å². The normalized spacial score (nSPS) is 22.1. The lowest BCUT2D eigenvalue weighted by Gasteiger charge is -2.37. The van der Waals surface area contributed by atoms with E-state index in [1.165, 1.54) is 11.0 Å². The van der Waals surface area contributed by atoms with Crippen LogP contribution in [-0.2, 0) is 11.3 Å². The number of carbonyl (C=O) groups is 1. The first-order valence-corrected chi connectivity index (χ1v) is 7.33. The Morgan fingerprint density at radius 1 is 1.58 bits per heavy atom. The number of hydrogen-bond acceptors (Lipinski definition) is 4. The molecule has 0 spiro atoms. The predicted molar refractivity (Wildman–Crippen MR) is 78.4 cm³/mol. The van der Waals surface area contributed by atoms with Gasteiger partial charge in [0.1, 0.15) is 0 Å². The minimum absolute atomic E-state index is 0.568. The highest BCUT2D eigenvalue weighted by atomic mass is 32.1. The number of carboxylic acids is 1. The van der Waals surface area contributed by atoms with Crippen molar-refractivity contribution in [3.63, 3.8) is 0 Å². The maximum Gasteiger partial charge on any atom is 0.328 e. The van der Waals surface area contributed by atoms with E-state index in [2.05, 4.69) is 29.8 Å². The van der Waals surface area contributed by atoms with E-state index in [0.29, 0.717) is 6.04 Å². The summed E-state index contributed by atoms with van der Waals surface area (Å²) in [7, 11) is 2.16. The predicted octanol–water partition coefficient (Wildman–Crippen LogP) is 1.98. The Morgan fingerprint density at radius 2 is 2.37 bits per heavy atom. The van der Waals surface area contributed by atoms with E-state index in [1.54, 1.807) is 17.4 Å². The molecule has 0 bridgehead atoms. The van der Waals surface area contributed by atoms with Gasteiger partial charge in [-0.25, -0.2) is 4.79 Å². The average molecular weight is 280 g/mol. The van der Waals surface area contributed by atoms with Crippen LogP contribution in [0.15, 0.2) is 17.5 Å². The summed E-state index contributed by atoms with van der Waals surface area (Å²) in [5, 5.41) is 10.6. The Labute approximate surface area is 118 Å². The molecular weight excluding hydrogens is 260 g/mol. The van der Waals surface area contributed by atoms with E-state index in [4.69, 9.17) is 5.11 Å². The second-order valence-corrected chi connectivity index (χ2v) is 6.10. The van der Waals surface area contributed by atoms with Gasteiger partial charge < -0.3 is 10.0 Å². The highest BCUT2D eigenvalue weighted by molar-refractivity contribution is 7.10. The molecular formula is C14H20N2O2S. The molecule has 4 nitrogen and oxygen atoms in total. The number of hydrogen-bond donors (Lipinski definition) is 1. The molecule has 1 aliphatic rings. The first kappa shape index (κ1) is 14.2. The summed E-state index contributed by atoms with van der Waals surface area (Å²) in [6.45, 7) is 6.53. The molecule has 2 heterocycles. The average Bonchev–Trinajstić information content (AvgIpc) is 2.78. The Hall–Kier alpha value is -1.17. The summed E-state index contributed by atoms with van der Waals surface area (Å²) in [5.74, 6) is -0.902. The molecule has 1 atom stereocenters. The highest BCUT2D eigenvalue weighted by Gasteiger charge is 2.21. The molecule has 1 N–H and O–H groups in total. The molecule has 0 radical (unpaired) electrons. The van der Waals surface area contributed by atoms with Crippen LogP contribution in [0.3, 0.4) is 0 Å². The van der Waals surface area contributed by atoms with Gasteiger partial charge in [-0.2, -0.15) is 0 Å². The van der Waals surface area contributed by atoms with E-state index in [1.807, 2.05) is 5.38 Å². The number of rotatable bonds is 4. The first-order valence-electron chi connectivity index (χ1n) is 6.45. The number of carboxylic acid groups (broad SMARTS) is 1. The number of likely N-dealkylation sites (N-methyl/N-ethyl adjacent to an activating group) is 1. The van der Waals surface area contributed by atoms with Gasteiger partial charge in [-0.05, 0) is 37.1 Å². The van der Waals surface area contributed by atoms with Crippen molar-refractivity contribution in [3.05, 3.63) is 28.0 Å². The zero-order valence-corrected chi connectivity index (χ0v) is 12.2. The van der Waals surface area contributed by atoms with Crippen LogP contribution in [0, 0.1) is 0 Å². The summed E-state index contributed by atoms with van der Waals surface area (Å²) < 4.78 is 0. The van der Waals surface area contributed by atoms with Crippen LogP contribution in [0.1, 0.15) is 17.4 Å². The Balaban J connectivity index is 1.94. The van der Waals surface area contributed by atoms with Crippen LogP contribution in [0.2, 0.25) is 0 Å². The van der Waals surface area contributed by atoms with Crippen LogP contribution in [-0.4, -0.2) is 53.6 Å². The van der Waals surface area contributed by atoms with Gasteiger partial charge in [0.05, 0.1) is 0 Å².